The predicted octanol–water partition coefficient (Wildman–Crippen LogP) is 6.48. The van der Waals surface area contributed by atoms with E-state index >= 15 is 0 Å². The van der Waals surface area contributed by atoms with E-state index in [1.54, 1.807) is 23.1 Å². The van der Waals surface area contributed by atoms with E-state index in [0.717, 1.165) is 20.2 Å². The molecule has 2 heterocycles. The molecule has 0 aliphatic rings. The topological polar surface area (TPSA) is 75.4 Å². The summed E-state index contributed by atoms with van der Waals surface area (Å²) in [6.07, 6.45) is 0. The fourth-order valence-electron chi connectivity index (χ4n) is 3.09. The van der Waals surface area contributed by atoms with Crippen LogP contribution < -0.4 is 5.56 Å². The van der Waals surface area contributed by atoms with Gasteiger partial charge in [-0.05, 0) is 36.4 Å². The number of benzene rings is 3. The molecule has 3 aromatic carbocycles. The quantitative estimate of drug-likeness (QED) is 0.241. The Morgan fingerprint density at radius 3 is 2.39 bits per heavy atom. The maximum Gasteiger partial charge on any atom is 0.299 e. The number of thiazole rings is 1. The maximum atomic E-state index is 13.1. The van der Waals surface area contributed by atoms with Crippen LogP contribution in [0.15, 0.2) is 104 Å². The number of aromatic nitrogens is 3. The van der Waals surface area contributed by atoms with E-state index in [9.17, 15) is 4.79 Å². The SMILES string of the molecule is O=c1c(N=Nc2ccccc2)c(CSc2nc3ccccc3s2)[nH]n1-c1ccccc1. The number of aromatic amines is 1. The van der Waals surface area contributed by atoms with Gasteiger partial charge in [-0.25, -0.2) is 9.67 Å². The number of azo groups is 1. The lowest BCUT2D eigenvalue weighted by molar-refractivity contribution is 0.833. The monoisotopic (exact) mass is 443 g/mol. The first kappa shape index (κ1) is 19.5. The minimum absolute atomic E-state index is 0.231. The molecule has 2 aromatic heterocycles. The van der Waals surface area contributed by atoms with Crippen molar-refractivity contribution in [2.75, 3.05) is 0 Å². The van der Waals surface area contributed by atoms with Crippen LogP contribution in [0.5, 0.6) is 0 Å². The lowest BCUT2D eigenvalue weighted by Gasteiger charge is -2.00. The van der Waals surface area contributed by atoms with Gasteiger partial charge in [0.15, 0.2) is 10.0 Å². The highest BCUT2D eigenvalue weighted by Gasteiger charge is 2.16. The van der Waals surface area contributed by atoms with Crippen molar-refractivity contribution in [1.82, 2.24) is 14.8 Å². The highest BCUT2D eigenvalue weighted by molar-refractivity contribution is 8.00. The lowest BCUT2D eigenvalue weighted by Crippen LogP contribution is -2.13. The highest BCUT2D eigenvalue weighted by Crippen LogP contribution is 2.32. The molecule has 0 radical (unpaired) electrons. The molecule has 0 saturated carbocycles. The van der Waals surface area contributed by atoms with Gasteiger partial charge < -0.3 is 0 Å². The highest BCUT2D eigenvalue weighted by atomic mass is 32.2. The van der Waals surface area contributed by atoms with Crippen LogP contribution in [0.2, 0.25) is 0 Å². The number of hydrogen-bond donors (Lipinski definition) is 1. The number of nitrogens with one attached hydrogen (secondary N) is 1. The Labute approximate surface area is 186 Å². The number of para-hydroxylation sites is 2. The Hall–Kier alpha value is -3.49. The number of hydrogen-bond acceptors (Lipinski definition) is 6. The molecular weight excluding hydrogens is 426 g/mol. The van der Waals surface area contributed by atoms with E-state index in [-0.39, 0.29) is 5.56 Å². The van der Waals surface area contributed by atoms with Crippen molar-refractivity contribution in [2.45, 2.75) is 10.1 Å². The predicted molar refractivity (Wildman–Crippen MR) is 126 cm³/mol. The number of nitrogens with zero attached hydrogens (tertiary/aromatic N) is 4. The first-order chi connectivity index (χ1) is 15.3. The van der Waals surface area contributed by atoms with Crippen LogP contribution in [0, 0.1) is 0 Å². The molecule has 1 N–H and O–H groups in total. The van der Waals surface area contributed by atoms with Gasteiger partial charge in [-0.1, -0.05) is 60.3 Å². The molecule has 6 nitrogen and oxygen atoms in total. The lowest BCUT2D eigenvalue weighted by atomic mass is 10.3. The van der Waals surface area contributed by atoms with Gasteiger partial charge in [0.2, 0.25) is 0 Å². The summed E-state index contributed by atoms with van der Waals surface area (Å²) >= 11 is 3.21. The maximum absolute atomic E-state index is 13.1. The van der Waals surface area contributed by atoms with E-state index in [2.05, 4.69) is 26.4 Å². The van der Waals surface area contributed by atoms with Crippen LogP contribution in [0.25, 0.3) is 15.9 Å². The van der Waals surface area contributed by atoms with Crippen molar-refractivity contribution in [3.8, 4) is 5.69 Å². The van der Waals surface area contributed by atoms with Crippen molar-refractivity contribution in [2.24, 2.45) is 10.2 Å². The molecule has 0 fully saturated rings. The summed E-state index contributed by atoms with van der Waals surface area (Å²) in [5.41, 5.74) is 3.21. The molecule has 0 amide bonds. The molecule has 8 heteroatoms. The molecular formula is C23H17N5OS2. The summed E-state index contributed by atoms with van der Waals surface area (Å²) in [6, 6.07) is 26.9. The van der Waals surface area contributed by atoms with Gasteiger partial charge in [0, 0.05) is 5.75 Å². The third-order valence-electron chi connectivity index (χ3n) is 4.59. The molecule has 5 aromatic rings. The molecule has 0 atom stereocenters. The number of rotatable bonds is 6. The Kier molecular flexibility index (Phi) is 5.47. The van der Waals surface area contributed by atoms with Gasteiger partial charge in [0.25, 0.3) is 5.56 Å². The molecule has 0 aliphatic carbocycles. The van der Waals surface area contributed by atoms with E-state index in [1.165, 1.54) is 4.68 Å². The van der Waals surface area contributed by atoms with Crippen LogP contribution in [0.1, 0.15) is 5.69 Å². The summed E-state index contributed by atoms with van der Waals surface area (Å²) in [7, 11) is 0. The summed E-state index contributed by atoms with van der Waals surface area (Å²) in [6.45, 7) is 0. The zero-order valence-electron chi connectivity index (χ0n) is 16.3. The van der Waals surface area contributed by atoms with Crippen LogP contribution >= 0.6 is 23.1 Å². The second kappa shape index (κ2) is 8.71. The molecule has 0 unspecified atom stereocenters. The van der Waals surface area contributed by atoms with Crippen molar-refractivity contribution in [3.63, 3.8) is 0 Å². The Balaban J connectivity index is 1.49. The van der Waals surface area contributed by atoms with Gasteiger partial charge >= 0.3 is 0 Å². The van der Waals surface area contributed by atoms with Gasteiger partial charge in [0.1, 0.15) is 0 Å². The zero-order chi connectivity index (χ0) is 21.0. The van der Waals surface area contributed by atoms with Crippen molar-refractivity contribution >= 4 is 44.7 Å². The fraction of sp³-hybridized carbons (Fsp3) is 0.0435. The Morgan fingerprint density at radius 2 is 1.61 bits per heavy atom. The van der Waals surface area contributed by atoms with Crippen LogP contribution in [-0.2, 0) is 5.75 Å². The summed E-state index contributed by atoms with van der Waals surface area (Å²) in [5, 5.41) is 11.8. The second-order valence-corrected chi connectivity index (χ2v) is 8.94. The van der Waals surface area contributed by atoms with Crippen molar-refractivity contribution in [1.29, 1.82) is 0 Å². The number of H-pyrrole nitrogens is 1. The largest absolute Gasteiger partial charge is 0.299 e. The van der Waals surface area contributed by atoms with E-state index in [1.807, 2.05) is 78.9 Å². The Bertz CT molecular complexity index is 1370. The summed E-state index contributed by atoms with van der Waals surface area (Å²) in [5.74, 6) is 0.526. The van der Waals surface area contributed by atoms with E-state index < -0.39 is 0 Å². The first-order valence-corrected chi connectivity index (χ1v) is 11.4. The molecule has 0 spiro atoms. The molecule has 0 bridgehead atoms. The van der Waals surface area contributed by atoms with Gasteiger partial charge in [0.05, 0.1) is 27.3 Å². The first-order valence-electron chi connectivity index (χ1n) is 9.62. The smallest absolute Gasteiger partial charge is 0.292 e. The molecule has 152 valence electrons. The van der Waals surface area contributed by atoms with Crippen LogP contribution in [0.3, 0.4) is 0 Å². The summed E-state index contributed by atoms with van der Waals surface area (Å²) < 4.78 is 3.60. The normalized spacial score (nSPS) is 11.5. The standard InChI is InChI=1S/C23H17N5OS2/c29-22-21(26-25-16-9-3-1-4-10-16)19(27-28(22)17-11-5-2-6-12-17)15-30-23-24-18-13-7-8-14-20(18)31-23/h1-14,27H,15H2. The van der Waals surface area contributed by atoms with E-state index in [4.69, 9.17) is 0 Å². The van der Waals surface area contributed by atoms with Gasteiger partial charge in [-0.3, -0.25) is 9.89 Å². The van der Waals surface area contributed by atoms with Gasteiger partial charge in [-0.2, -0.15) is 5.11 Å². The number of fused-ring (bicyclic) bond motifs is 1. The average molecular weight is 444 g/mol. The molecule has 5 rings (SSSR count). The second-order valence-electron chi connectivity index (χ2n) is 6.69. The molecule has 31 heavy (non-hydrogen) atoms. The fourth-order valence-corrected chi connectivity index (χ4v) is 5.10. The zero-order valence-corrected chi connectivity index (χ0v) is 17.9. The summed E-state index contributed by atoms with van der Waals surface area (Å²) in [4.78, 5) is 17.8. The molecule has 0 saturated heterocycles. The van der Waals surface area contributed by atoms with Gasteiger partial charge in [-0.15, -0.1) is 16.5 Å². The Morgan fingerprint density at radius 1 is 0.903 bits per heavy atom. The third-order valence-corrected chi connectivity index (χ3v) is 6.79. The van der Waals surface area contributed by atoms with Crippen LogP contribution in [0.4, 0.5) is 11.4 Å². The molecule has 0 aliphatic heterocycles. The number of thioether (sulfide) groups is 1. The minimum Gasteiger partial charge on any atom is -0.292 e. The third kappa shape index (κ3) is 4.21. The van der Waals surface area contributed by atoms with Crippen molar-refractivity contribution in [3.05, 3.63) is 101 Å². The average Bonchev–Trinajstić information content (AvgIpc) is 3.38. The van der Waals surface area contributed by atoms with Crippen molar-refractivity contribution < 1.29 is 0 Å². The minimum atomic E-state index is -0.231. The van der Waals surface area contributed by atoms with E-state index in [0.29, 0.717) is 22.8 Å². The van der Waals surface area contributed by atoms with Crippen LogP contribution in [-0.4, -0.2) is 14.8 Å².